The molecule has 0 bridgehead atoms. The molecule has 0 unspecified atom stereocenters. The summed E-state index contributed by atoms with van der Waals surface area (Å²) in [4.78, 5) is 9.85. The van der Waals surface area contributed by atoms with Crippen molar-refractivity contribution in [3.8, 4) is 28.8 Å². The zero-order valence-electron chi connectivity index (χ0n) is 24.9. The number of fused-ring (bicyclic) bond motifs is 9. The van der Waals surface area contributed by atoms with Gasteiger partial charge >= 0.3 is 0 Å². The van der Waals surface area contributed by atoms with Gasteiger partial charge in [-0.2, -0.15) is 5.26 Å². The third-order valence-electron chi connectivity index (χ3n) is 9.22. The number of benzene rings is 6. The second-order valence-electron chi connectivity index (χ2n) is 11.8. The third kappa shape index (κ3) is 3.71. The lowest BCUT2D eigenvalue weighted by atomic mass is 10.0. The van der Waals surface area contributed by atoms with Crippen LogP contribution in [0.2, 0.25) is 0 Å². The minimum absolute atomic E-state index is 0.551. The fraction of sp³-hybridized carbons (Fsp3) is 0. The van der Waals surface area contributed by atoms with Gasteiger partial charge in [0.2, 0.25) is 5.95 Å². The third-order valence-corrected chi connectivity index (χ3v) is 9.22. The largest absolute Gasteiger partial charge is 0.453 e. The normalized spacial score (nSPS) is 11.8. The highest BCUT2D eigenvalue weighted by molar-refractivity contribution is 6.11. The molecule has 4 heterocycles. The van der Waals surface area contributed by atoms with E-state index in [1.807, 2.05) is 36.4 Å². The smallest absolute Gasteiger partial charge is 0.235 e. The second kappa shape index (κ2) is 9.64. The average Bonchev–Trinajstić information content (AvgIpc) is 3.78. The highest BCUT2D eigenvalue weighted by atomic mass is 16.3. The minimum atomic E-state index is 0.551. The quantitative estimate of drug-likeness (QED) is 0.202. The van der Waals surface area contributed by atoms with E-state index in [0.717, 1.165) is 55.1 Å². The van der Waals surface area contributed by atoms with Gasteiger partial charge in [0.15, 0.2) is 5.58 Å². The Morgan fingerprint density at radius 1 is 0.532 bits per heavy atom. The van der Waals surface area contributed by atoms with E-state index in [2.05, 4.69) is 112 Å². The molecule has 10 aromatic rings. The van der Waals surface area contributed by atoms with Crippen LogP contribution in [0.4, 0.5) is 0 Å². The summed E-state index contributed by atoms with van der Waals surface area (Å²) < 4.78 is 10.6. The molecule has 10 rings (SSSR count). The molecule has 47 heavy (non-hydrogen) atoms. The van der Waals surface area contributed by atoms with Crippen LogP contribution in [0.1, 0.15) is 5.56 Å². The maximum Gasteiger partial charge on any atom is 0.235 e. The molecule has 0 fully saturated rings. The lowest BCUT2D eigenvalue weighted by molar-refractivity contribution is 0.665. The SMILES string of the molecule is N#Cc1ccc2c(c1)c1ccccc1n2-c1ncc2oc3ccc(-c4cccc(-n5c6ccccc6c6ccccc65)c4)cc3c2n1. The Labute approximate surface area is 268 Å². The van der Waals surface area contributed by atoms with Crippen molar-refractivity contribution in [2.45, 2.75) is 0 Å². The summed E-state index contributed by atoms with van der Waals surface area (Å²) in [5, 5.41) is 15.0. The summed E-state index contributed by atoms with van der Waals surface area (Å²) in [7, 11) is 0. The van der Waals surface area contributed by atoms with Crippen LogP contribution in [0.25, 0.3) is 88.4 Å². The van der Waals surface area contributed by atoms with Crippen LogP contribution in [0.15, 0.2) is 144 Å². The molecule has 0 aliphatic carbocycles. The summed E-state index contributed by atoms with van der Waals surface area (Å²) in [5.74, 6) is 0.551. The Morgan fingerprint density at radius 3 is 1.94 bits per heavy atom. The van der Waals surface area contributed by atoms with Crippen molar-refractivity contribution in [3.63, 3.8) is 0 Å². The zero-order chi connectivity index (χ0) is 31.1. The van der Waals surface area contributed by atoms with Gasteiger partial charge in [0.25, 0.3) is 0 Å². The number of nitriles is 1. The predicted molar refractivity (Wildman–Crippen MR) is 188 cm³/mol. The number of rotatable bonds is 3. The van der Waals surface area contributed by atoms with Crippen molar-refractivity contribution in [2.75, 3.05) is 0 Å². The van der Waals surface area contributed by atoms with Crippen molar-refractivity contribution in [1.29, 1.82) is 5.26 Å². The van der Waals surface area contributed by atoms with Crippen molar-refractivity contribution >= 4 is 65.7 Å². The molecular weight excluding hydrogens is 578 g/mol. The number of hydrogen-bond donors (Lipinski definition) is 0. The summed E-state index contributed by atoms with van der Waals surface area (Å²) in [6.45, 7) is 0. The highest BCUT2D eigenvalue weighted by Gasteiger charge is 2.18. The molecule has 0 aliphatic heterocycles. The predicted octanol–water partition coefficient (Wildman–Crippen LogP) is 10.1. The van der Waals surface area contributed by atoms with Gasteiger partial charge in [-0.3, -0.25) is 4.57 Å². The van der Waals surface area contributed by atoms with E-state index in [9.17, 15) is 5.26 Å². The molecule has 0 saturated carbocycles. The van der Waals surface area contributed by atoms with Crippen LogP contribution in [0.5, 0.6) is 0 Å². The Kier molecular flexibility index (Phi) is 5.25. The molecule has 4 aromatic heterocycles. The lowest BCUT2D eigenvalue weighted by Crippen LogP contribution is -2.00. The van der Waals surface area contributed by atoms with Crippen LogP contribution in [-0.2, 0) is 0 Å². The minimum Gasteiger partial charge on any atom is -0.453 e. The Morgan fingerprint density at radius 2 is 1.19 bits per heavy atom. The van der Waals surface area contributed by atoms with Gasteiger partial charge < -0.3 is 8.98 Å². The molecule has 6 aromatic carbocycles. The Hall–Kier alpha value is -6.71. The fourth-order valence-electron chi connectivity index (χ4n) is 7.12. The van der Waals surface area contributed by atoms with Gasteiger partial charge in [0.1, 0.15) is 11.1 Å². The lowest BCUT2D eigenvalue weighted by Gasteiger charge is -2.10. The zero-order valence-corrected chi connectivity index (χ0v) is 24.9. The van der Waals surface area contributed by atoms with E-state index in [0.29, 0.717) is 17.1 Å². The Balaban J connectivity index is 1.14. The van der Waals surface area contributed by atoms with Crippen molar-refractivity contribution in [1.82, 2.24) is 19.1 Å². The molecule has 0 atom stereocenters. The fourth-order valence-corrected chi connectivity index (χ4v) is 7.12. The van der Waals surface area contributed by atoms with E-state index >= 15 is 0 Å². The topological polar surface area (TPSA) is 72.6 Å². The van der Waals surface area contributed by atoms with Crippen LogP contribution >= 0.6 is 0 Å². The van der Waals surface area contributed by atoms with Crippen LogP contribution in [-0.4, -0.2) is 19.1 Å². The van der Waals surface area contributed by atoms with Crippen molar-refractivity contribution < 1.29 is 4.42 Å². The average molecular weight is 602 g/mol. The number of aromatic nitrogens is 4. The number of nitrogens with zero attached hydrogens (tertiary/aromatic N) is 5. The molecule has 0 aliphatic rings. The first-order valence-electron chi connectivity index (χ1n) is 15.5. The van der Waals surface area contributed by atoms with Gasteiger partial charge in [0.05, 0.1) is 39.9 Å². The van der Waals surface area contributed by atoms with Gasteiger partial charge in [0, 0.05) is 32.6 Å². The first-order chi connectivity index (χ1) is 23.2. The monoisotopic (exact) mass is 601 g/mol. The molecule has 0 spiro atoms. The number of furan rings is 1. The molecule has 218 valence electrons. The van der Waals surface area contributed by atoms with E-state index in [1.165, 1.54) is 21.8 Å². The van der Waals surface area contributed by atoms with Crippen LogP contribution in [0, 0.1) is 11.3 Å². The molecule has 0 saturated heterocycles. The van der Waals surface area contributed by atoms with E-state index in [-0.39, 0.29) is 0 Å². The molecule has 6 nitrogen and oxygen atoms in total. The summed E-state index contributed by atoms with van der Waals surface area (Å²) in [6.07, 6.45) is 1.75. The van der Waals surface area contributed by atoms with Crippen LogP contribution in [0.3, 0.4) is 0 Å². The van der Waals surface area contributed by atoms with Gasteiger partial charge in [-0.25, -0.2) is 9.97 Å². The molecule has 6 heteroatoms. The number of hydrogen-bond acceptors (Lipinski definition) is 4. The second-order valence-corrected chi connectivity index (χ2v) is 11.8. The maximum absolute atomic E-state index is 9.55. The summed E-state index contributed by atoms with van der Waals surface area (Å²) in [6, 6.07) is 48.2. The van der Waals surface area contributed by atoms with E-state index in [1.54, 1.807) is 6.20 Å². The first-order valence-corrected chi connectivity index (χ1v) is 15.5. The van der Waals surface area contributed by atoms with E-state index in [4.69, 9.17) is 14.4 Å². The van der Waals surface area contributed by atoms with Crippen molar-refractivity contribution in [2.24, 2.45) is 0 Å². The number of para-hydroxylation sites is 3. The standard InChI is InChI=1S/C41H23N5O/c42-23-25-16-18-37-32(20-25)31-12-3-6-15-36(31)46(37)41-43-24-39-40(44-41)33-22-27(17-19-38(33)47-39)26-8-7-9-28(21-26)45-34-13-4-1-10-29(34)30-11-2-5-14-35(30)45/h1-22,24H. The Bertz CT molecular complexity index is 2880. The maximum atomic E-state index is 9.55. The van der Waals surface area contributed by atoms with Crippen LogP contribution < -0.4 is 0 Å². The molecule has 0 amide bonds. The van der Waals surface area contributed by atoms with Crippen molar-refractivity contribution in [3.05, 3.63) is 145 Å². The van der Waals surface area contributed by atoms with Gasteiger partial charge in [-0.05, 0) is 71.8 Å². The highest BCUT2D eigenvalue weighted by Crippen LogP contribution is 2.36. The summed E-state index contributed by atoms with van der Waals surface area (Å²) >= 11 is 0. The molecule has 0 N–H and O–H groups in total. The van der Waals surface area contributed by atoms with Gasteiger partial charge in [-0.15, -0.1) is 0 Å². The van der Waals surface area contributed by atoms with E-state index < -0.39 is 0 Å². The van der Waals surface area contributed by atoms with Gasteiger partial charge in [-0.1, -0.05) is 72.8 Å². The molecule has 0 radical (unpaired) electrons. The molecular formula is C41H23N5O. The first kappa shape index (κ1) is 25.6. The summed E-state index contributed by atoms with van der Waals surface area (Å²) in [5.41, 5.74) is 10.3.